The summed E-state index contributed by atoms with van der Waals surface area (Å²) in [7, 11) is 1.62. The monoisotopic (exact) mass is 258 g/mol. The summed E-state index contributed by atoms with van der Waals surface area (Å²) in [6.07, 6.45) is 0.774. The number of hydrogen-bond acceptors (Lipinski definition) is 4. The van der Waals surface area contributed by atoms with E-state index in [2.05, 4.69) is 5.32 Å². The van der Waals surface area contributed by atoms with Crippen LogP contribution in [-0.4, -0.2) is 24.7 Å². The molecule has 0 aliphatic carbocycles. The van der Waals surface area contributed by atoms with Crippen LogP contribution in [0.3, 0.4) is 0 Å². The minimum atomic E-state index is -0.447. The summed E-state index contributed by atoms with van der Waals surface area (Å²) in [5.41, 5.74) is 0.463. The topological polar surface area (TPSA) is 64.4 Å². The molecular formula is C11H15ClN2O3. The van der Waals surface area contributed by atoms with Crippen molar-refractivity contribution in [2.45, 2.75) is 19.4 Å². The van der Waals surface area contributed by atoms with Crippen molar-refractivity contribution >= 4 is 23.0 Å². The fourth-order valence-electron chi connectivity index (χ4n) is 1.41. The van der Waals surface area contributed by atoms with Crippen molar-refractivity contribution in [2.75, 3.05) is 19.0 Å². The van der Waals surface area contributed by atoms with Crippen molar-refractivity contribution in [2.24, 2.45) is 0 Å². The third-order valence-corrected chi connectivity index (χ3v) is 2.55. The second-order valence-electron chi connectivity index (χ2n) is 3.75. The molecule has 1 unspecified atom stereocenters. The minimum Gasteiger partial charge on any atom is -0.385 e. The maximum atomic E-state index is 10.9. The van der Waals surface area contributed by atoms with Gasteiger partial charge in [0, 0.05) is 30.8 Å². The Hall–Kier alpha value is -1.33. The Balaban J connectivity index is 2.79. The molecule has 0 aliphatic rings. The molecule has 0 aromatic heterocycles. The zero-order valence-corrected chi connectivity index (χ0v) is 10.5. The first-order valence-electron chi connectivity index (χ1n) is 5.24. The van der Waals surface area contributed by atoms with Crippen molar-refractivity contribution in [1.82, 2.24) is 0 Å². The SMILES string of the molecule is COCCC(C)Nc1ccc(Cl)cc1[N+](=O)[O-]. The molecule has 1 aromatic carbocycles. The maximum Gasteiger partial charge on any atom is 0.293 e. The van der Waals surface area contributed by atoms with Gasteiger partial charge in [-0.15, -0.1) is 0 Å². The Kier molecular flexibility index (Phi) is 5.18. The smallest absolute Gasteiger partial charge is 0.293 e. The van der Waals surface area contributed by atoms with Crippen LogP contribution in [0.15, 0.2) is 18.2 Å². The van der Waals surface area contributed by atoms with Crippen LogP contribution in [0.25, 0.3) is 0 Å². The van der Waals surface area contributed by atoms with Crippen molar-refractivity contribution in [3.8, 4) is 0 Å². The Morgan fingerprint density at radius 3 is 2.88 bits per heavy atom. The lowest BCUT2D eigenvalue weighted by atomic mass is 10.2. The molecule has 0 spiro atoms. The molecule has 17 heavy (non-hydrogen) atoms. The zero-order valence-electron chi connectivity index (χ0n) is 9.77. The largest absolute Gasteiger partial charge is 0.385 e. The van der Waals surface area contributed by atoms with E-state index >= 15 is 0 Å². The lowest BCUT2D eigenvalue weighted by Gasteiger charge is -2.14. The summed E-state index contributed by atoms with van der Waals surface area (Å²) in [6, 6.07) is 4.67. The summed E-state index contributed by atoms with van der Waals surface area (Å²) in [4.78, 5) is 10.4. The summed E-state index contributed by atoms with van der Waals surface area (Å²) >= 11 is 5.73. The van der Waals surface area contributed by atoms with Gasteiger partial charge in [-0.05, 0) is 25.5 Å². The molecule has 0 saturated carbocycles. The average Bonchev–Trinajstić information content (AvgIpc) is 2.28. The van der Waals surface area contributed by atoms with Crippen LogP contribution in [0.2, 0.25) is 5.02 Å². The highest BCUT2D eigenvalue weighted by atomic mass is 35.5. The van der Waals surface area contributed by atoms with Gasteiger partial charge >= 0.3 is 0 Å². The summed E-state index contributed by atoms with van der Waals surface area (Å²) in [5, 5.41) is 14.3. The summed E-state index contributed by atoms with van der Waals surface area (Å²) < 4.78 is 4.95. The normalized spacial score (nSPS) is 12.2. The average molecular weight is 259 g/mol. The molecule has 0 fully saturated rings. The Morgan fingerprint density at radius 2 is 2.29 bits per heavy atom. The standard InChI is InChI=1S/C11H15ClN2O3/c1-8(5-6-17-2)13-10-4-3-9(12)7-11(10)14(15)16/h3-4,7-8,13H,5-6H2,1-2H3. The molecule has 0 amide bonds. The molecule has 1 aromatic rings. The van der Waals surface area contributed by atoms with E-state index in [9.17, 15) is 10.1 Å². The van der Waals surface area contributed by atoms with Crippen molar-refractivity contribution < 1.29 is 9.66 Å². The number of nitro groups is 1. The van der Waals surface area contributed by atoms with Gasteiger partial charge in [0.15, 0.2) is 0 Å². The van der Waals surface area contributed by atoms with Gasteiger partial charge in [-0.1, -0.05) is 11.6 Å². The molecule has 5 nitrogen and oxygen atoms in total. The van der Waals surface area contributed by atoms with Crippen LogP contribution in [-0.2, 0) is 4.74 Å². The highest BCUT2D eigenvalue weighted by Gasteiger charge is 2.15. The van der Waals surface area contributed by atoms with Gasteiger partial charge in [-0.25, -0.2) is 0 Å². The zero-order chi connectivity index (χ0) is 12.8. The quantitative estimate of drug-likeness (QED) is 0.629. The van der Waals surface area contributed by atoms with E-state index in [0.29, 0.717) is 17.3 Å². The molecule has 0 saturated heterocycles. The molecule has 0 bridgehead atoms. The van der Waals surface area contributed by atoms with E-state index in [1.165, 1.54) is 6.07 Å². The number of ether oxygens (including phenoxy) is 1. The molecule has 0 radical (unpaired) electrons. The van der Waals surface area contributed by atoms with E-state index in [1.54, 1.807) is 19.2 Å². The molecule has 0 heterocycles. The highest BCUT2D eigenvalue weighted by molar-refractivity contribution is 6.30. The third-order valence-electron chi connectivity index (χ3n) is 2.31. The molecule has 1 rings (SSSR count). The van der Waals surface area contributed by atoms with Crippen LogP contribution in [0.5, 0.6) is 0 Å². The Labute approximate surface area is 105 Å². The lowest BCUT2D eigenvalue weighted by molar-refractivity contribution is -0.384. The van der Waals surface area contributed by atoms with E-state index in [-0.39, 0.29) is 11.7 Å². The summed E-state index contributed by atoms with van der Waals surface area (Å²) in [5.74, 6) is 0. The molecular weight excluding hydrogens is 244 g/mol. The number of nitrogens with zero attached hydrogens (tertiary/aromatic N) is 1. The van der Waals surface area contributed by atoms with Gasteiger partial charge in [0.1, 0.15) is 5.69 Å². The van der Waals surface area contributed by atoms with Crippen LogP contribution in [0, 0.1) is 10.1 Å². The molecule has 0 aliphatic heterocycles. The number of rotatable bonds is 6. The number of hydrogen-bond donors (Lipinski definition) is 1. The van der Waals surface area contributed by atoms with Gasteiger partial charge in [0.2, 0.25) is 0 Å². The van der Waals surface area contributed by atoms with Gasteiger partial charge in [0.25, 0.3) is 5.69 Å². The molecule has 94 valence electrons. The third kappa shape index (κ3) is 4.20. The van der Waals surface area contributed by atoms with Gasteiger partial charge in [-0.3, -0.25) is 10.1 Å². The van der Waals surface area contributed by atoms with Crippen LogP contribution < -0.4 is 5.32 Å². The van der Waals surface area contributed by atoms with Gasteiger partial charge in [-0.2, -0.15) is 0 Å². The minimum absolute atomic E-state index is 0.0123. The van der Waals surface area contributed by atoms with E-state index in [4.69, 9.17) is 16.3 Å². The van der Waals surface area contributed by atoms with Crippen molar-refractivity contribution in [3.05, 3.63) is 33.3 Å². The van der Waals surface area contributed by atoms with Crippen molar-refractivity contribution in [3.63, 3.8) is 0 Å². The molecule has 1 N–H and O–H groups in total. The number of nitro benzene ring substituents is 1. The predicted molar refractivity (Wildman–Crippen MR) is 67.7 cm³/mol. The Bertz CT molecular complexity index is 398. The second kappa shape index (κ2) is 6.42. The number of nitrogens with one attached hydrogen (secondary N) is 1. The number of benzene rings is 1. The van der Waals surface area contributed by atoms with Crippen LogP contribution in [0.1, 0.15) is 13.3 Å². The van der Waals surface area contributed by atoms with Crippen LogP contribution in [0.4, 0.5) is 11.4 Å². The fourth-order valence-corrected chi connectivity index (χ4v) is 1.58. The molecule has 1 atom stereocenters. The lowest BCUT2D eigenvalue weighted by Crippen LogP contribution is -2.17. The first kappa shape index (κ1) is 13.7. The van der Waals surface area contributed by atoms with Crippen LogP contribution >= 0.6 is 11.6 Å². The van der Waals surface area contributed by atoms with Gasteiger partial charge in [0.05, 0.1) is 4.92 Å². The highest BCUT2D eigenvalue weighted by Crippen LogP contribution is 2.28. The first-order chi connectivity index (χ1) is 8.04. The van der Waals surface area contributed by atoms with Gasteiger partial charge < -0.3 is 10.1 Å². The first-order valence-corrected chi connectivity index (χ1v) is 5.61. The Morgan fingerprint density at radius 1 is 1.59 bits per heavy atom. The summed E-state index contributed by atoms with van der Waals surface area (Å²) in [6.45, 7) is 2.55. The van der Waals surface area contributed by atoms with Crippen molar-refractivity contribution in [1.29, 1.82) is 0 Å². The molecule has 6 heteroatoms. The fraction of sp³-hybridized carbons (Fsp3) is 0.455. The second-order valence-corrected chi connectivity index (χ2v) is 4.18. The maximum absolute atomic E-state index is 10.9. The number of halogens is 1. The number of methoxy groups -OCH3 is 1. The van der Waals surface area contributed by atoms with E-state index < -0.39 is 4.92 Å². The predicted octanol–water partition coefficient (Wildman–Crippen LogP) is 3.09. The van der Waals surface area contributed by atoms with E-state index in [0.717, 1.165) is 6.42 Å². The number of anilines is 1. The van der Waals surface area contributed by atoms with E-state index in [1.807, 2.05) is 6.92 Å².